The summed E-state index contributed by atoms with van der Waals surface area (Å²) < 4.78 is 76.3. The Morgan fingerprint density at radius 3 is 2.55 bits per heavy atom. The molecule has 1 fully saturated rings. The maximum Gasteiger partial charge on any atom is 0.347 e. The van der Waals surface area contributed by atoms with E-state index in [-0.39, 0.29) is 41.1 Å². The van der Waals surface area contributed by atoms with Gasteiger partial charge in [-0.05, 0) is 87.4 Å². The van der Waals surface area contributed by atoms with E-state index in [1.807, 2.05) is 9.24 Å². The third kappa shape index (κ3) is 6.43. The van der Waals surface area contributed by atoms with Crippen molar-refractivity contribution in [3.8, 4) is 23.0 Å². The summed E-state index contributed by atoms with van der Waals surface area (Å²) in [5, 5.41) is 23.5. The van der Waals surface area contributed by atoms with Gasteiger partial charge in [0.1, 0.15) is 40.9 Å². The van der Waals surface area contributed by atoms with Gasteiger partial charge in [-0.3, -0.25) is 9.48 Å². The zero-order chi connectivity index (χ0) is 36.6. The summed E-state index contributed by atoms with van der Waals surface area (Å²) in [6.45, 7) is 3.91. The Bertz CT molecular complexity index is 2330. The van der Waals surface area contributed by atoms with Crippen molar-refractivity contribution in [1.29, 1.82) is 0 Å². The van der Waals surface area contributed by atoms with Crippen molar-refractivity contribution in [2.45, 2.75) is 69.6 Å². The number of aliphatic hydroxyl groups is 1. The summed E-state index contributed by atoms with van der Waals surface area (Å²) in [6, 6.07) is 8.18. The number of H-pyrrole nitrogens is 1. The van der Waals surface area contributed by atoms with E-state index in [4.69, 9.17) is 4.98 Å². The predicted octanol–water partition coefficient (Wildman–Crippen LogP) is 5.14. The molecule has 2 aliphatic carbocycles. The van der Waals surface area contributed by atoms with Crippen molar-refractivity contribution in [2.24, 2.45) is 5.92 Å². The highest BCUT2D eigenvalue weighted by Crippen LogP contribution is 2.68. The molecule has 0 spiro atoms. The smallest absolute Gasteiger partial charge is 0.347 e. The molecule has 264 valence electrons. The number of amides is 1. The Morgan fingerprint density at radius 2 is 1.86 bits per heavy atom. The van der Waals surface area contributed by atoms with Crippen molar-refractivity contribution in [3.63, 3.8) is 0 Å². The number of nitrogens with zero attached hydrogens (tertiary/aromatic N) is 5. The molecule has 1 saturated carbocycles. The van der Waals surface area contributed by atoms with Crippen LogP contribution in [0.15, 0.2) is 47.3 Å². The van der Waals surface area contributed by atoms with Crippen molar-refractivity contribution in [1.82, 2.24) is 34.7 Å². The lowest BCUT2D eigenvalue weighted by atomic mass is 9.94. The summed E-state index contributed by atoms with van der Waals surface area (Å²) in [6.07, 6.45) is -0.0253. The summed E-state index contributed by atoms with van der Waals surface area (Å²) in [4.78, 5) is 31.2. The van der Waals surface area contributed by atoms with Gasteiger partial charge in [0.25, 0.3) is 5.92 Å². The van der Waals surface area contributed by atoms with Crippen LogP contribution in [0.5, 0.6) is 0 Å². The molecule has 2 aliphatic rings. The number of hydrogen-bond donors (Lipinski definition) is 3. The van der Waals surface area contributed by atoms with Crippen LogP contribution in [-0.4, -0.2) is 46.0 Å². The van der Waals surface area contributed by atoms with Gasteiger partial charge in [-0.2, -0.15) is 19.0 Å². The van der Waals surface area contributed by atoms with Crippen LogP contribution in [0.25, 0.3) is 16.8 Å². The number of aromatic amines is 1. The van der Waals surface area contributed by atoms with Crippen LogP contribution < -0.4 is 11.0 Å². The number of alkyl halides is 3. The Hall–Kier alpha value is -4.93. The van der Waals surface area contributed by atoms with Gasteiger partial charge in [0.15, 0.2) is 11.6 Å². The standard InChI is InChI=1S/C35H31F5N7O3P/c1-16-21(6-7-26-43-44-33(49)47(16)26)22-5-4-20(8-9-34(2,3)50)41-29(22)25(12-17-10-18(36)13-19(37)11-17)42-27(48)15-46-31-28(30(45-46)32(38)51)23-14-24(23)35(31,39)40/h4-7,10-11,13,23-25,32,50H,12,14-15,51H2,1-3H3,(H,42,48)(H,44,49)/t23-,24+,25-,32?/m0/s1. The van der Waals surface area contributed by atoms with Crippen LogP contribution in [0.3, 0.4) is 0 Å². The number of benzene rings is 1. The van der Waals surface area contributed by atoms with Crippen molar-refractivity contribution < 1.29 is 31.9 Å². The fourth-order valence-electron chi connectivity index (χ4n) is 6.86. The molecule has 16 heteroatoms. The van der Waals surface area contributed by atoms with Gasteiger partial charge in [0.05, 0.1) is 11.7 Å². The molecule has 10 nitrogen and oxygen atoms in total. The minimum absolute atomic E-state index is 0.120. The molecule has 5 atom stereocenters. The largest absolute Gasteiger partial charge is 0.378 e. The van der Waals surface area contributed by atoms with Crippen molar-refractivity contribution >= 4 is 20.8 Å². The molecule has 0 aliphatic heterocycles. The normalized spacial score (nSPS) is 18.5. The average molecular weight is 724 g/mol. The topological polar surface area (TPSA) is 130 Å². The highest BCUT2D eigenvalue weighted by Gasteiger charge is 2.67. The number of rotatable bonds is 8. The van der Waals surface area contributed by atoms with E-state index in [9.17, 15) is 27.9 Å². The lowest BCUT2D eigenvalue weighted by Crippen LogP contribution is -2.35. The number of aryl methyl sites for hydroxylation is 1. The van der Waals surface area contributed by atoms with Crippen LogP contribution in [-0.2, 0) is 23.7 Å². The number of carbonyl (C=O) groups excluding carboxylic acids is 1. The number of aromatic nitrogens is 6. The average Bonchev–Trinajstić information content (AvgIpc) is 3.54. The number of pyridine rings is 2. The zero-order valence-electron chi connectivity index (χ0n) is 27.4. The first-order chi connectivity index (χ1) is 24.0. The maximum absolute atomic E-state index is 15.4. The van der Waals surface area contributed by atoms with Gasteiger partial charge in [0.2, 0.25) is 5.91 Å². The number of hydrogen-bond acceptors (Lipinski definition) is 6. The Morgan fingerprint density at radius 1 is 1.16 bits per heavy atom. The second-order valence-corrected chi connectivity index (χ2v) is 14.0. The highest BCUT2D eigenvalue weighted by atomic mass is 31.0. The third-order valence-electron chi connectivity index (χ3n) is 9.08. The Kier molecular flexibility index (Phi) is 8.38. The number of carbonyl (C=O) groups is 1. The number of fused-ring (bicyclic) bond motifs is 4. The van der Waals surface area contributed by atoms with E-state index in [1.54, 1.807) is 31.2 Å². The van der Waals surface area contributed by atoms with Crippen LogP contribution >= 0.6 is 9.24 Å². The van der Waals surface area contributed by atoms with E-state index in [1.165, 1.54) is 18.2 Å². The molecule has 3 N–H and O–H groups in total. The van der Waals surface area contributed by atoms with Crippen LogP contribution in [0.2, 0.25) is 0 Å². The molecule has 0 saturated heterocycles. The molecular weight excluding hydrogens is 692 g/mol. The van der Waals surface area contributed by atoms with Gasteiger partial charge in [-0.1, -0.05) is 15.2 Å². The third-order valence-corrected chi connectivity index (χ3v) is 9.39. The van der Waals surface area contributed by atoms with E-state index in [2.05, 4.69) is 32.5 Å². The van der Waals surface area contributed by atoms with E-state index >= 15 is 8.78 Å². The SMILES string of the molecule is Cc1c(-c2ccc(C#CC(C)(C)O)nc2[C@H](Cc2cc(F)cc(F)c2)NC(=O)Cn2nc(C(F)P)c3c2C(F)(F)[C@@H]2C[C@H]32)ccc2n[nH]c(=O)n12. The van der Waals surface area contributed by atoms with Crippen LogP contribution in [0.4, 0.5) is 22.0 Å². The highest BCUT2D eigenvalue weighted by molar-refractivity contribution is 7.16. The second kappa shape index (κ2) is 12.4. The molecule has 5 aromatic rings. The molecule has 7 rings (SSSR count). The quantitative estimate of drug-likeness (QED) is 0.116. The summed E-state index contributed by atoms with van der Waals surface area (Å²) in [5.74, 6) is -3.65. The van der Waals surface area contributed by atoms with Gasteiger partial charge in [-0.25, -0.2) is 32.4 Å². The monoisotopic (exact) mass is 723 g/mol. The van der Waals surface area contributed by atoms with E-state index in [0.717, 1.165) is 16.8 Å². The molecule has 4 aromatic heterocycles. The summed E-state index contributed by atoms with van der Waals surface area (Å²) in [5.41, 5.74) is -0.311. The van der Waals surface area contributed by atoms with Crippen LogP contribution in [0, 0.1) is 36.3 Å². The van der Waals surface area contributed by atoms with Crippen molar-refractivity contribution in [3.05, 3.63) is 104 Å². The van der Waals surface area contributed by atoms with Gasteiger partial charge >= 0.3 is 5.69 Å². The molecule has 0 bridgehead atoms. The Balaban J connectivity index is 1.35. The minimum atomic E-state index is -3.31. The van der Waals surface area contributed by atoms with Gasteiger partial charge < -0.3 is 10.4 Å². The molecular formula is C35H31F5N7O3P. The molecule has 4 heterocycles. The second-order valence-electron chi connectivity index (χ2n) is 13.4. The molecule has 0 radical (unpaired) electrons. The number of nitrogens with one attached hydrogen (secondary N) is 2. The summed E-state index contributed by atoms with van der Waals surface area (Å²) in [7, 11) is 1.91. The molecule has 51 heavy (non-hydrogen) atoms. The fraction of sp³-hybridized carbons (Fsp3) is 0.343. The number of halogens is 5. The van der Waals surface area contributed by atoms with E-state index < -0.39 is 70.8 Å². The van der Waals surface area contributed by atoms with E-state index in [0.29, 0.717) is 28.5 Å². The predicted molar refractivity (Wildman–Crippen MR) is 178 cm³/mol. The van der Waals surface area contributed by atoms with Gasteiger partial charge in [-0.15, -0.1) is 0 Å². The first-order valence-electron chi connectivity index (χ1n) is 16.0. The molecule has 1 amide bonds. The van der Waals surface area contributed by atoms with Crippen molar-refractivity contribution in [2.75, 3.05) is 0 Å². The first kappa shape index (κ1) is 34.5. The molecule has 2 unspecified atom stereocenters. The fourth-order valence-corrected chi connectivity index (χ4v) is 7.11. The lowest BCUT2D eigenvalue weighted by Gasteiger charge is -2.23. The van der Waals surface area contributed by atoms with Crippen LogP contribution in [0.1, 0.15) is 77.7 Å². The Labute approximate surface area is 289 Å². The maximum atomic E-state index is 15.4. The lowest BCUT2D eigenvalue weighted by molar-refractivity contribution is -0.122. The zero-order valence-corrected chi connectivity index (χ0v) is 28.6. The minimum Gasteiger partial charge on any atom is -0.378 e. The molecule has 1 aromatic carbocycles. The van der Waals surface area contributed by atoms with Gasteiger partial charge in [0, 0.05) is 34.4 Å². The first-order valence-corrected chi connectivity index (χ1v) is 16.6. The summed E-state index contributed by atoms with van der Waals surface area (Å²) >= 11 is 0.